The number of nitrogens with zero attached hydrogens (tertiary/aromatic N) is 7. The van der Waals surface area contributed by atoms with Crippen molar-refractivity contribution in [1.82, 2.24) is 29.5 Å². The van der Waals surface area contributed by atoms with E-state index in [0.717, 1.165) is 60.7 Å². The number of rotatable bonds is 7. The molecule has 0 bridgehead atoms. The summed E-state index contributed by atoms with van der Waals surface area (Å²) in [7, 11) is 4.02. The van der Waals surface area contributed by atoms with Gasteiger partial charge >= 0.3 is 0 Å². The maximum absolute atomic E-state index is 4.79. The number of hydrogen-bond donors (Lipinski definition) is 0. The summed E-state index contributed by atoms with van der Waals surface area (Å²) in [5.74, 6) is 1.86. The third kappa shape index (κ3) is 3.65. The summed E-state index contributed by atoms with van der Waals surface area (Å²) in [4.78, 5) is 11.7. The van der Waals surface area contributed by atoms with Crippen LogP contribution in [0.15, 0.2) is 12.3 Å². The summed E-state index contributed by atoms with van der Waals surface area (Å²) in [6.45, 7) is 8.10. The topological polar surface area (TPSA) is 64.7 Å². The zero-order valence-electron chi connectivity index (χ0n) is 15.8. The molecular weight excluding hydrogens is 314 g/mol. The van der Waals surface area contributed by atoms with E-state index in [1.807, 2.05) is 24.9 Å². The van der Waals surface area contributed by atoms with Gasteiger partial charge < -0.3 is 4.90 Å². The Labute approximate surface area is 148 Å². The van der Waals surface area contributed by atoms with E-state index in [1.165, 1.54) is 5.69 Å². The van der Waals surface area contributed by atoms with Crippen LogP contribution in [0.1, 0.15) is 37.0 Å². The first kappa shape index (κ1) is 17.4. The molecule has 0 aliphatic heterocycles. The van der Waals surface area contributed by atoms with Crippen LogP contribution in [-0.2, 0) is 20.0 Å². The van der Waals surface area contributed by atoms with Crippen molar-refractivity contribution in [2.24, 2.45) is 7.05 Å². The molecule has 3 aromatic heterocycles. The Morgan fingerprint density at radius 3 is 2.68 bits per heavy atom. The van der Waals surface area contributed by atoms with E-state index in [2.05, 4.69) is 51.7 Å². The molecule has 0 aliphatic rings. The second-order valence-corrected chi connectivity index (χ2v) is 6.64. The standard InChI is InChI=1S/C18H27N7/c1-6-8-16-20-17(15-12-19-24(5)18(15)21-16)23(4)9-7-10-25-14(3)11-13(2)22-25/h11-12H,6-10H2,1-5H3. The van der Waals surface area contributed by atoms with E-state index in [0.29, 0.717) is 0 Å². The molecule has 0 fully saturated rings. The Kier molecular flexibility index (Phi) is 5.01. The molecule has 7 nitrogen and oxygen atoms in total. The van der Waals surface area contributed by atoms with Gasteiger partial charge in [0.25, 0.3) is 0 Å². The van der Waals surface area contributed by atoms with Crippen LogP contribution in [0.3, 0.4) is 0 Å². The maximum atomic E-state index is 4.79. The summed E-state index contributed by atoms with van der Waals surface area (Å²) >= 11 is 0. The van der Waals surface area contributed by atoms with Gasteiger partial charge in [-0.2, -0.15) is 10.2 Å². The smallest absolute Gasteiger partial charge is 0.163 e. The van der Waals surface area contributed by atoms with Crippen molar-refractivity contribution in [2.75, 3.05) is 18.5 Å². The molecule has 0 atom stereocenters. The summed E-state index contributed by atoms with van der Waals surface area (Å²) in [5.41, 5.74) is 3.18. The fourth-order valence-corrected chi connectivity index (χ4v) is 3.14. The van der Waals surface area contributed by atoms with Crippen molar-refractivity contribution in [3.8, 4) is 0 Å². The van der Waals surface area contributed by atoms with Crippen molar-refractivity contribution < 1.29 is 0 Å². The number of aromatic nitrogens is 6. The predicted molar refractivity (Wildman–Crippen MR) is 99.9 cm³/mol. The molecule has 0 amide bonds. The van der Waals surface area contributed by atoms with Gasteiger partial charge in [-0.25, -0.2) is 9.97 Å². The van der Waals surface area contributed by atoms with Crippen LogP contribution in [0.4, 0.5) is 5.82 Å². The molecule has 3 rings (SSSR count). The minimum absolute atomic E-state index is 0.883. The highest BCUT2D eigenvalue weighted by Gasteiger charge is 2.14. The van der Waals surface area contributed by atoms with Crippen LogP contribution in [0.2, 0.25) is 0 Å². The van der Waals surface area contributed by atoms with E-state index in [-0.39, 0.29) is 0 Å². The SMILES string of the molecule is CCCc1nc(N(C)CCCn2nc(C)cc2C)c2cnn(C)c2n1. The second-order valence-electron chi connectivity index (χ2n) is 6.64. The summed E-state index contributed by atoms with van der Waals surface area (Å²) in [6.07, 6.45) is 4.78. The minimum Gasteiger partial charge on any atom is -0.359 e. The molecule has 25 heavy (non-hydrogen) atoms. The number of hydrogen-bond acceptors (Lipinski definition) is 5. The number of anilines is 1. The van der Waals surface area contributed by atoms with Gasteiger partial charge in [0.05, 0.1) is 17.3 Å². The van der Waals surface area contributed by atoms with Gasteiger partial charge in [-0.1, -0.05) is 6.92 Å². The Bertz CT molecular complexity index is 862. The van der Waals surface area contributed by atoms with Gasteiger partial charge in [-0.05, 0) is 32.8 Å². The van der Waals surface area contributed by atoms with Crippen LogP contribution < -0.4 is 4.90 Å². The van der Waals surface area contributed by atoms with E-state index < -0.39 is 0 Å². The number of fused-ring (bicyclic) bond motifs is 1. The quantitative estimate of drug-likeness (QED) is 0.661. The van der Waals surface area contributed by atoms with E-state index >= 15 is 0 Å². The lowest BCUT2D eigenvalue weighted by atomic mass is 10.3. The molecule has 3 aromatic rings. The largest absolute Gasteiger partial charge is 0.359 e. The second kappa shape index (κ2) is 7.21. The van der Waals surface area contributed by atoms with Gasteiger partial charge in [0.15, 0.2) is 5.65 Å². The molecule has 0 saturated carbocycles. The van der Waals surface area contributed by atoms with Crippen LogP contribution >= 0.6 is 0 Å². The van der Waals surface area contributed by atoms with Crippen molar-refractivity contribution in [1.29, 1.82) is 0 Å². The first-order chi connectivity index (χ1) is 12.0. The summed E-state index contributed by atoms with van der Waals surface area (Å²) < 4.78 is 3.90. The average Bonchev–Trinajstić information content (AvgIpc) is 3.09. The predicted octanol–water partition coefficient (Wildman–Crippen LogP) is 2.66. The molecule has 0 radical (unpaired) electrons. The molecule has 0 aliphatic carbocycles. The van der Waals surface area contributed by atoms with Crippen molar-refractivity contribution >= 4 is 16.9 Å². The lowest BCUT2D eigenvalue weighted by molar-refractivity contribution is 0.561. The van der Waals surface area contributed by atoms with Crippen molar-refractivity contribution in [2.45, 2.75) is 46.6 Å². The highest BCUT2D eigenvalue weighted by molar-refractivity contribution is 5.86. The van der Waals surface area contributed by atoms with E-state index in [1.54, 1.807) is 0 Å². The molecule has 0 N–H and O–H groups in total. The number of aryl methyl sites for hydroxylation is 5. The van der Waals surface area contributed by atoms with Crippen molar-refractivity contribution in [3.63, 3.8) is 0 Å². The maximum Gasteiger partial charge on any atom is 0.163 e. The average molecular weight is 341 g/mol. The normalized spacial score (nSPS) is 11.4. The lowest BCUT2D eigenvalue weighted by Gasteiger charge is -2.19. The lowest BCUT2D eigenvalue weighted by Crippen LogP contribution is -2.22. The third-order valence-electron chi connectivity index (χ3n) is 4.42. The van der Waals surface area contributed by atoms with Crippen LogP contribution in [-0.4, -0.2) is 43.1 Å². The highest BCUT2D eigenvalue weighted by Crippen LogP contribution is 2.23. The minimum atomic E-state index is 0.883. The first-order valence-corrected chi connectivity index (χ1v) is 8.90. The van der Waals surface area contributed by atoms with E-state index in [9.17, 15) is 0 Å². The molecule has 7 heteroatoms. The molecule has 134 valence electrons. The molecular formula is C18H27N7. The van der Waals surface area contributed by atoms with Gasteiger partial charge in [-0.3, -0.25) is 9.36 Å². The van der Waals surface area contributed by atoms with Gasteiger partial charge in [0.2, 0.25) is 0 Å². The molecule has 0 spiro atoms. The Balaban J connectivity index is 1.76. The Morgan fingerprint density at radius 1 is 1.20 bits per heavy atom. The Morgan fingerprint density at radius 2 is 2.00 bits per heavy atom. The van der Waals surface area contributed by atoms with Crippen LogP contribution in [0.25, 0.3) is 11.0 Å². The van der Waals surface area contributed by atoms with Gasteiger partial charge in [-0.15, -0.1) is 0 Å². The molecule has 0 unspecified atom stereocenters. The van der Waals surface area contributed by atoms with Crippen LogP contribution in [0, 0.1) is 13.8 Å². The summed E-state index contributed by atoms with van der Waals surface area (Å²) in [6, 6.07) is 2.12. The monoisotopic (exact) mass is 341 g/mol. The Hall–Kier alpha value is -2.44. The fraction of sp³-hybridized carbons (Fsp3) is 0.556. The summed E-state index contributed by atoms with van der Waals surface area (Å²) in [5, 5.41) is 9.90. The molecule has 0 saturated heterocycles. The third-order valence-corrected chi connectivity index (χ3v) is 4.42. The van der Waals surface area contributed by atoms with E-state index in [4.69, 9.17) is 4.98 Å². The van der Waals surface area contributed by atoms with Crippen molar-refractivity contribution in [3.05, 3.63) is 29.5 Å². The molecule has 3 heterocycles. The van der Waals surface area contributed by atoms with Gasteiger partial charge in [0, 0.05) is 39.3 Å². The molecule has 0 aromatic carbocycles. The zero-order valence-corrected chi connectivity index (χ0v) is 15.8. The highest BCUT2D eigenvalue weighted by atomic mass is 15.3. The first-order valence-electron chi connectivity index (χ1n) is 8.90. The zero-order chi connectivity index (χ0) is 18.0. The van der Waals surface area contributed by atoms with Crippen LogP contribution in [0.5, 0.6) is 0 Å². The fourth-order valence-electron chi connectivity index (χ4n) is 3.14. The van der Waals surface area contributed by atoms with Gasteiger partial charge in [0.1, 0.15) is 11.6 Å².